The molecule has 2 atom stereocenters. The molecule has 1 aromatic heterocycles. The molecular formula is C23H32N6O6. The highest BCUT2D eigenvalue weighted by atomic mass is 16.6. The highest BCUT2D eigenvalue weighted by Gasteiger charge is 2.27. The van der Waals surface area contributed by atoms with Crippen molar-refractivity contribution in [1.82, 2.24) is 15.6 Å². The van der Waals surface area contributed by atoms with Crippen molar-refractivity contribution in [3.63, 3.8) is 0 Å². The van der Waals surface area contributed by atoms with Crippen LogP contribution in [-0.4, -0.2) is 52.2 Å². The minimum Gasteiger partial charge on any atom is -0.480 e. The number of ether oxygens (including phenoxy) is 1. The summed E-state index contributed by atoms with van der Waals surface area (Å²) in [6.07, 6.45) is 1.22. The lowest BCUT2D eigenvalue weighted by atomic mass is 10.1. The molecule has 2 amide bonds. The Balaban J connectivity index is 2.13. The number of nitrogens with zero attached hydrogens (tertiary/aromatic N) is 2. The number of aliphatic imine (C=N–C) groups is 1. The van der Waals surface area contributed by atoms with E-state index in [0.29, 0.717) is 12.8 Å². The normalized spacial score (nSPS) is 12.8. The van der Waals surface area contributed by atoms with Crippen LogP contribution in [0.1, 0.15) is 61.6 Å². The van der Waals surface area contributed by atoms with Gasteiger partial charge < -0.3 is 36.4 Å². The SMILES string of the molecule is CC(C)(C)OC(=O)N[C@@H](Cc1ccccc1)c1nc(C(=O)N[C@@H](CCCN=C(N)N)C(=O)O)co1. The quantitative estimate of drug-likeness (QED) is 0.178. The zero-order chi connectivity index (χ0) is 26.0. The summed E-state index contributed by atoms with van der Waals surface area (Å²) in [5, 5.41) is 14.5. The molecule has 0 saturated carbocycles. The van der Waals surface area contributed by atoms with Crippen LogP contribution in [0.25, 0.3) is 0 Å². The maximum absolute atomic E-state index is 12.6. The van der Waals surface area contributed by atoms with Gasteiger partial charge in [-0.2, -0.15) is 0 Å². The number of aliphatic carboxylic acids is 1. The zero-order valence-corrected chi connectivity index (χ0v) is 20.0. The Bertz CT molecular complexity index is 1030. The highest BCUT2D eigenvalue weighted by Crippen LogP contribution is 2.20. The van der Waals surface area contributed by atoms with Crippen LogP contribution < -0.4 is 22.1 Å². The molecule has 35 heavy (non-hydrogen) atoms. The third-order valence-electron chi connectivity index (χ3n) is 4.58. The first-order valence-corrected chi connectivity index (χ1v) is 11.0. The van der Waals surface area contributed by atoms with Crippen molar-refractivity contribution in [3.05, 3.63) is 53.7 Å². The number of hydrogen-bond donors (Lipinski definition) is 5. The van der Waals surface area contributed by atoms with Crippen molar-refractivity contribution >= 4 is 23.9 Å². The number of carbonyl (C=O) groups is 3. The van der Waals surface area contributed by atoms with Gasteiger partial charge in [0.25, 0.3) is 5.91 Å². The molecule has 0 aliphatic heterocycles. The average Bonchev–Trinajstić information content (AvgIpc) is 3.25. The molecule has 12 heteroatoms. The first-order valence-electron chi connectivity index (χ1n) is 11.0. The Labute approximate surface area is 203 Å². The summed E-state index contributed by atoms with van der Waals surface area (Å²) in [6.45, 7) is 5.45. The molecule has 12 nitrogen and oxygen atoms in total. The number of alkyl carbamates (subject to hydrolysis) is 1. The predicted molar refractivity (Wildman–Crippen MR) is 128 cm³/mol. The van der Waals surface area contributed by atoms with Crippen LogP contribution in [0, 0.1) is 0 Å². The van der Waals surface area contributed by atoms with E-state index in [1.807, 2.05) is 30.3 Å². The lowest BCUT2D eigenvalue weighted by molar-refractivity contribution is -0.139. The molecule has 0 aliphatic carbocycles. The van der Waals surface area contributed by atoms with Crippen molar-refractivity contribution < 1.29 is 28.6 Å². The molecule has 0 fully saturated rings. The van der Waals surface area contributed by atoms with E-state index >= 15 is 0 Å². The van der Waals surface area contributed by atoms with E-state index in [1.54, 1.807) is 20.8 Å². The van der Waals surface area contributed by atoms with Gasteiger partial charge in [-0.1, -0.05) is 30.3 Å². The van der Waals surface area contributed by atoms with Crippen molar-refractivity contribution in [2.75, 3.05) is 6.54 Å². The van der Waals surface area contributed by atoms with Gasteiger partial charge in [0.1, 0.15) is 23.9 Å². The van der Waals surface area contributed by atoms with Crippen LogP contribution in [0.5, 0.6) is 0 Å². The van der Waals surface area contributed by atoms with E-state index in [4.69, 9.17) is 20.6 Å². The third-order valence-corrected chi connectivity index (χ3v) is 4.58. The van der Waals surface area contributed by atoms with Gasteiger partial charge in [-0.15, -0.1) is 0 Å². The molecule has 2 rings (SSSR count). The van der Waals surface area contributed by atoms with Gasteiger partial charge >= 0.3 is 12.1 Å². The standard InChI is InChI=1S/C23H32N6O6/c1-23(2,3)35-22(33)29-16(12-14-8-5-4-6-9-14)19-28-17(13-34-19)18(30)27-15(20(31)32)10-7-11-26-21(24)25/h4-6,8-9,13,15-16H,7,10-12H2,1-3H3,(H,27,30)(H,29,33)(H,31,32)(H4,24,25,26)/t15-,16-/m0/s1. The Hall–Kier alpha value is -4.09. The highest BCUT2D eigenvalue weighted by molar-refractivity contribution is 5.94. The molecule has 190 valence electrons. The lowest BCUT2D eigenvalue weighted by Crippen LogP contribution is -2.41. The molecule has 0 bridgehead atoms. The van der Waals surface area contributed by atoms with Crippen molar-refractivity contribution in [3.8, 4) is 0 Å². The summed E-state index contributed by atoms with van der Waals surface area (Å²) in [7, 11) is 0. The fraction of sp³-hybridized carbons (Fsp3) is 0.435. The Morgan fingerprint density at radius 3 is 2.46 bits per heavy atom. The number of carboxylic acid groups (broad SMARTS) is 1. The number of nitrogens with two attached hydrogens (primary N) is 2. The van der Waals surface area contributed by atoms with Crippen LogP contribution in [0.3, 0.4) is 0 Å². The van der Waals surface area contributed by atoms with E-state index in [2.05, 4.69) is 20.6 Å². The van der Waals surface area contributed by atoms with E-state index in [-0.39, 0.29) is 30.5 Å². The first-order chi connectivity index (χ1) is 16.4. The Morgan fingerprint density at radius 1 is 1.17 bits per heavy atom. The first kappa shape index (κ1) is 27.2. The average molecular weight is 489 g/mol. The fourth-order valence-corrected chi connectivity index (χ4v) is 3.04. The van der Waals surface area contributed by atoms with Gasteiger partial charge in [0.05, 0.1) is 0 Å². The van der Waals surface area contributed by atoms with Gasteiger partial charge in [0.15, 0.2) is 11.7 Å². The second-order valence-electron chi connectivity index (χ2n) is 8.77. The third kappa shape index (κ3) is 9.74. The molecule has 0 saturated heterocycles. The molecule has 0 aliphatic rings. The molecule has 1 aromatic carbocycles. The fourth-order valence-electron chi connectivity index (χ4n) is 3.04. The number of aromatic nitrogens is 1. The van der Waals surface area contributed by atoms with Gasteiger partial charge in [-0.25, -0.2) is 14.6 Å². The van der Waals surface area contributed by atoms with E-state index in [1.165, 1.54) is 0 Å². The monoisotopic (exact) mass is 488 g/mol. The summed E-state index contributed by atoms with van der Waals surface area (Å²) in [5.74, 6) is -1.96. The number of oxazole rings is 1. The number of benzene rings is 1. The number of rotatable bonds is 11. The number of amides is 2. The number of carbonyl (C=O) groups excluding carboxylic acids is 2. The van der Waals surface area contributed by atoms with Crippen LogP contribution >= 0.6 is 0 Å². The maximum Gasteiger partial charge on any atom is 0.408 e. The summed E-state index contributed by atoms with van der Waals surface area (Å²) in [5.41, 5.74) is 10.6. The van der Waals surface area contributed by atoms with Crippen molar-refractivity contribution in [2.24, 2.45) is 16.5 Å². The molecule has 0 radical (unpaired) electrons. The molecular weight excluding hydrogens is 456 g/mol. The summed E-state index contributed by atoms with van der Waals surface area (Å²) in [6, 6.07) is 7.42. The summed E-state index contributed by atoms with van der Waals surface area (Å²) in [4.78, 5) is 44.5. The summed E-state index contributed by atoms with van der Waals surface area (Å²) >= 11 is 0. The van der Waals surface area contributed by atoms with Crippen LogP contribution in [0.4, 0.5) is 4.79 Å². The summed E-state index contributed by atoms with van der Waals surface area (Å²) < 4.78 is 10.8. The second-order valence-corrected chi connectivity index (χ2v) is 8.77. The largest absolute Gasteiger partial charge is 0.480 e. The zero-order valence-electron chi connectivity index (χ0n) is 20.0. The predicted octanol–water partition coefficient (Wildman–Crippen LogP) is 1.72. The topological polar surface area (TPSA) is 195 Å². The Morgan fingerprint density at radius 2 is 1.86 bits per heavy atom. The second kappa shape index (κ2) is 12.4. The van der Waals surface area contributed by atoms with Crippen molar-refractivity contribution in [1.29, 1.82) is 0 Å². The number of guanidine groups is 1. The Kier molecular flexibility index (Phi) is 9.62. The molecule has 1 heterocycles. The minimum absolute atomic E-state index is 0.0736. The van der Waals surface area contributed by atoms with Gasteiger partial charge in [0, 0.05) is 13.0 Å². The molecule has 2 aromatic rings. The minimum atomic E-state index is -1.21. The van der Waals surface area contributed by atoms with E-state index in [0.717, 1.165) is 11.8 Å². The van der Waals surface area contributed by atoms with Gasteiger partial charge in [0.2, 0.25) is 5.89 Å². The molecule has 0 spiro atoms. The van der Waals surface area contributed by atoms with E-state index in [9.17, 15) is 19.5 Å². The van der Waals surface area contributed by atoms with E-state index < -0.39 is 35.7 Å². The lowest BCUT2D eigenvalue weighted by Gasteiger charge is -2.22. The smallest absolute Gasteiger partial charge is 0.408 e. The van der Waals surface area contributed by atoms with Crippen molar-refractivity contribution in [2.45, 2.75) is 57.7 Å². The van der Waals surface area contributed by atoms with Crippen LogP contribution in [0.2, 0.25) is 0 Å². The van der Waals surface area contributed by atoms with Crippen LogP contribution in [0.15, 0.2) is 46.0 Å². The van der Waals surface area contributed by atoms with Gasteiger partial charge in [-0.05, 0) is 39.2 Å². The number of hydrogen-bond acceptors (Lipinski definition) is 7. The number of carboxylic acids is 1. The van der Waals surface area contributed by atoms with Gasteiger partial charge in [-0.3, -0.25) is 9.79 Å². The maximum atomic E-state index is 12.6. The molecule has 7 N–H and O–H groups in total. The molecule has 0 unspecified atom stereocenters. The number of nitrogens with one attached hydrogen (secondary N) is 2. The van der Waals surface area contributed by atoms with Crippen LogP contribution in [-0.2, 0) is 16.0 Å².